The summed E-state index contributed by atoms with van der Waals surface area (Å²) in [6.45, 7) is 6.04. The predicted octanol–water partition coefficient (Wildman–Crippen LogP) is 0.600. The van der Waals surface area contributed by atoms with Gasteiger partial charge in [-0.25, -0.2) is 0 Å². The lowest BCUT2D eigenvalue weighted by Gasteiger charge is -2.26. The van der Waals surface area contributed by atoms with E-state index in [9.17, 15) is 14.9 Å². The lowest BCUT2D eigenvalue weighted by atomic mass is 10.1. The second kappa shape index (κ2) is 8.33. The van der Waals surface area contributed by atoms with Crippen molar-refractivity contribution in [1.82, 2.24) is 9.47 Å². The number of carbonyl (C=O) groups excluding carboxylic acids is 1. The maximum Gasteiger partial charge on any atom is 0.269 e. The quantitative estimate of drug-likeness (QED) is 0.778. The monoisotopic (exact) mass is 383 g/mol. The highest BCUT2D eigenvalue weighted by Gasteiger charge is 2.23. The molecule has 0 unspecified atom stereocenters. The fourth-order valence-corrected chi connectivity index (χ4v) is 4.14. The normalized spacial score (nSPS) is 16.2. The second-order valence-corrected chi connectivity index (χ2v) is 7.24. The van der Waals surface area contributed by atoms with Crippen molar-refractivity contribution >= 4 is 28.9 Å². The Balaban J connectivity index is 2.19. The van der Waals surface area contributed by atoms with E-state index in [4.69, 9.17) is 4.74 Å². The number of hydrogen-bond acceptors (Lipinski definition) is 5. The third-order valence-electron chi connectivity index (χ3n) is 4.54. The van der Waals surface area contributed by atoms with Crippen LogP contribution in [0.3, 0.4) is 0 Å². The summed E-state index contributed by atoms with van der Waals surface area (Å²) in [4.78, 5) is 27.3. The van der Waals surface area contributed by atoms with E-state index in [0.29, 0.717) is 42.0 Å². The van der Waals surface area contributed by atoms with Crippen molar-refractivity contribution in [3.8, 4) is 6.07 Å². The summed E-state index contributed by atoms with van der Waals surface area (Å²) in [7, 11) is 0. The fourth-order valence-electron chi connectivity index (χ4n) is 2.99. The number of carbonyl (C=O) groups is 1. The number of ether oxygens (including phenoxy) is 1. The average Bonchev–Trinajstić information content (AvgIpc) is 3.00. The minimum Gasteiger partial charge on any atom is -0.378 e. The van der Waals surface area contributed by atoms with Gasteiger partial charge >= 0.3 is 0 Å². The molecule has 6 nitrogen and oxygen atoms in total. The van der Waals surface area contributed by atoms with Crippen molar-refractivity contribution in [2.75, 3.05) is 26.3 Å². The summed E-state index contributed by atoms with van der Waals surface area (Å²) in [6, 6.07) is 9.81. The highest BCUT2D eigenvalue weighted by atomic mass is 32.1. The van der Waals surface area contributed by atoms with Gasteiger partial charge in [-0.3, -0.25) is 14.2 Å². The van der Waals surface area contributed by atoms with E-state index in [1.54, 1.807) is 4.90 Å². The van der Waals surface area contributed by atoms with Gasteiger partial charge in [-0.05, 0) is 31.1 Å². The minimum atomic E-state index is -0.341. The molecule has 140 valence electrons. The molecule has 1 aliphatic heterocycles. The van der Waals surface area contributed by atoms with Gasteiger partial charge < -0.3 is 9.64 Å². The van der Waals surface area contributed by atoms with Crippen LogP contribution in [0.1, 0.15) is 18.1 Å². The highest BCUT2D eigenvalue weighted by Crippen LogP contribution is 2.08. The molecule has 0 saturated carbocycles. The van der Waals surface area contributed by atoms with Crippen molar-refractivity contribution in [3.63, 3.8) is 0 Å². The standard InChI is InChI=1S/C20H21N3O3S/c1-3-23-19(25)17(12-15-7-5-4-6-14(15)2)27-20(23)16(13-21)18(24)22-8-10-26-11-9-22/h4-7,12H,3,8-11H2,1-2H3/b17-12-,20-16-. The molecule has 0 radical (unpaired) electrons. The Hall–Kier alpha value is -2.69. The van der Waals surface area contributed by atoms with Gasteiger partial charge in [0.2, 0.25) is 0 Å². The first kappa shape index (κ1) is 19.1. The largest absolute Gasteiger partial charge is 0.378 e. The number of nitriles is 1. The van der Waals surface area contributed by atoms with Crippen LogP contribution >= 0.6 is 11.3 Å². The van der Waals surface area contributed by atoms with E-state index in [1.807, 2.05) is 50.3 Å². The van der Waals surface area contributed by atoms with Gasteiger partial charge in [-0.15, -0.1) is 11.3 Å². The van der Waals surface area contributed by atoms with Crippen molar-refractivity contribution in [3.05, 3.63) is 54.9 Å². The van der Waals surface area contributed by atoms with Gasteiger partial charge in [0, 0.05) is 19.6 Å². The molecule has 0 aliphatic carbocycles. The lowest BCUT2D eigenvalue weighted by molar-refractivity contribution is -0.128. The fraction of sp³-hybridized carbons (Fsp3) is 0.350. The molecule has 3 rings (SSSR count). The number of morpholine rings is 1. The number of benzene rings is 1. The lowest BCUT2D eigenvalue weighted by Crippen LogP contribution is -2.42. The average molecular weight is 383 g/mol. The maximum atomic E-state index is 12.8. The van der Waals surface area contributed by atoms with E-state index in [2.05, 4.69) is 0 Å². The summed E-state index contributed by atoms with van der Waals surface area (Å²) in [5.41, 5.74) is 1.85. The molecule has 0 atom stereocenters. The Morgan fingerprint density at radius 1 is 1.33 bits per heavy atom. The van der Waals surface area contributed by atoms with Gasteiger partial charge in [0.15, 0.2) is 5.57 Å². The van der Waals surface area contributed by atoms with E-state index in [0.717, 1.165) is 11.1 Å². The molecule has 0 spiro atoms. The molecule has 2 aromatic rings. The summed E-state index contributed by atoms with van der Waals surface area (Å²) >= 11 is 1.20. The molecule has 1 saturated heterocycles. The van der Waals surface area contributed by atoms with Crippen LogP contribution < -0.4 is 14.8 Å². The predicted molar refractivity (Wildman–Crippen MR) is 105 cm³/mol. The number of hydrogen-bond donors (Lipinski definition) is 0. The van der Waals surface area contributed by atoms with Gasteiger partial charge in [-0.2, -0.15) is 5.26 Å². The maximum absolute atomic E-state index is 12.8. The van der Waals surface area contributed by atoms with E-state index in [1.165, 1.54) is 15.9 Å². The summed E-state index contributed by atoms with van der Waals surface area (Å²) < 4.78 is 7.71. The zero-order chi connectivity index (χ0) is 19.4. The molecule has 0 bridgehead atoms. The summed E-state index contributed by atoms with van der Waals surface area (Å²) in [5, 5.41) is 9.65. The Labute approximate surface area is 161 Å². The van der Waals surface area contributed by atoms with Gasteiger partial charge in [0.05, 0.1) is 17.7 Å². The van der Waals surface area contributed by atoms with Gasteiger partial charge in [-0.1, -0.05) is 24.3 Å². The second-order valence-electron chi connectivity index (χ2n) is 6.21. The third kappa shape index (κ3) is 3.87. The number of nitrogens with zero attached hydrogens (tertiary/aromatic N) is 3. The smallest absolute Gasteiger partial charge is 0.269 e. The first-order chi connectivity index (χ1) is 13.1. The summed E-state index contributed by atoms with van der Waals surface area (Å²) in [6.07, 6.45) is 1.83. The number of amides is 1. The van der Waals surface area contributed by atoms with E-state index < -0.39 is 0 Å². The molecule has 1 aromatic carbocycles. The van der Waals surface area contributed by atoms with Crippen LogP contribution in [-0.2, 0) is 16.1 Å². The molecule has 27 heavy (non-hydrogen) atoms. The van der Waals surface area contributed by atoms with Crippen molar-refractivity contribution in [2.45, 2.75) is 20.4 Å². The molecule has 1 amide bonds. The molecule has 1 aromatic heterocycles. The van der Waals surface area contributed by atoms with Crippen LogP contribution in [0.15, 0.2) is 29.1 Å². The molecular formula is C20H21N3O3S. The van der Waals surface area contributed by atoms with E-state index >= 15 is 0 Å². The number of rotatable bonds is 3. The highest BCUT2D eigenvalue weighted by molar-refractivity contribution is 7.07. The van der Waals surface area contributed by atoms with Crippen molar-refractivity contribution < 1.29 is 9.53 Å². The zero-order valence-electron chi connectivity index (χ0n) is 15.4. The Morgan fingerprint density at radius 3 is 2.67 bits per heavy atom. The molecule has 0 N–H and O–H groups in total. The van der Waals surface area contributed by atoms with Crippen LogP contribution in [-0.4, -0.2) is 41.7 Å². The third-order valence-corrected chi connectivity index (χ3v) is 5.67. The minimum absolute atomic E-state index is 0.0188. The number of aromatic nitrogens is 1. The Kier molecular flexibility index (Phi) is 5.89. The number of aryl methyl sites for hydroxylation is 1. The van der Waals surface area contributed by atoms with Crippen LogP contribution in [0, 0.1) is 18.3 Å². The first-order valence-electron chi connectivity index (χ1n) is 8.85. The van der Waals surface area contributed by atoms with Crippen LogP contribution in [0.25, 0.3) is 11.6 Å². The van der Waals surface area contributed by atoms with Crippen LogP contribution in [0.2, 0.25) is 0 Å². The molecular weight excluding hydrogens is 362 g/mol. The molecule has 2 heterocycles. The van der Waals surface area contributed by atoms with Gasteiger partial charge in [0.1, 0.15) is 10.7 Å². The zero-order valence-corrected chi connectivity index (χ0v) is 16.2. The van der Waals surface area contributed by atoms with Crippen molar-refractivity contribution in [2.24, 2.45) is 0 Å². The topological polar surface area (TPSA) is 75.3 Å². The first-order valence-corrected chi connectivity index (χ1v) is 9.67. The summed E-state index contributed by atoms with van der Waals surface area (Å²) in [5.74, 6) is -0.341. The Morgan fingerprint density at radius 2 is 2.04 bits per heavy atom. The van der Waals surface area contributed by atoms with E-state index in [-0.39, 0.29) is 17.0 Å². The van der Waals surface area contributed by atoms with Gasteiger partial charge in [0.25, 0.3) is 11.5 Å². The molecule has 1 aliphatic rings. The molecule has 7 heteroatoms. The van der Waals surface area contributed by atoms with Crippen LogP contribution in [0.4, 0.5) is 0 Å². The number of thiazole rings is 1. The van der Waals surface area contributed by atoms with Crippen molar-refractivity contribution in [1.29, 1.82) is 5.26 Å². The molecule has 1 fully saturated rings. The SMILES string of the molecule is CCn1c(=O)/c(=C/c2ccccc2C)s/c1=C(/C#N)C(=O)N1CCOCC1. The van der Waals surface area contributed by atoms with Crippen LogP contribution in [0.5, 0.6) is 0 Å². The Bertz CT molecular complexity index is 1070.